The van der Waals surface area contributed by atoms with E-state index in [1.807, 2.05) is 0 Å². The summed E-state index contributed by atoms with van der Waals surface area (Å²) in [6.07, 6.45) is 1.23. The van der Waals surface area contributed by atoms with E-state index in [9.17, 15) is 0 Å². The van der Waals surface area contributed by atoms with Crippen LogP contribution in [-0.2, 0) is 6.54 Å². The summed E-state index contributed by atoms with van der Waals surface area (Å²) in [6.45, 7) is 6.96. The van der Waals surface area contributed by atoms with Gasteiger partial charge in [-0.2, -0.15) is 0 Å². The van der Waals surface area contributed by atoms with Crippen molar-refractivity contribution in [3.63, 3.8) is 0 Å². The van der Waals surface area contributed by atoms with Gasteiger partial charge < -0.3 is 15.5 Å². The van der Waals surface area contributed by atoms with E-state index in [0.717, 1.165) is 38.7 Å². The second-order valence-corrected chi connectivity index (χ2v) is 7.12. The van der Waals surface area contributed by atoms with Crippen LogP contribution in [0.1, 0.15) is 18.2 Å². The van der Waals surface area contributed by atoms with Crippen LogP contribution in [0.25, 0.3) is 0 Å². The Morgan fingerprint density at radius 2 is 2.08 bits per heavy atom. The van der Waals surface area contributed by atoms with Gasteiger partial charge in [-0.15, -0.1) is 11.3 Å². The van der Waals surface area contributed by atoms with Crippen molar-refractivity contribution in [2.24, 2.45) is 10.9 Å². The fourth-order valence-corrected chi connectivity index (χ4v) is 3.64. The normalized spacial score (nSPS) is 18.0. The van der Waals surface area contributed by atoms with Crippen molar-refractivity contribution in [2.75, 3.05) is 31.1 Å². The van der Waals surface area contributed by atoms with Gasteiger partial charge in [0.15, 0.2) is 5.96 Å². The fourth-order valence-electron chi connectivity index (χ4n) is 3.01. The highest BCUT2D eigenvalue weighted by Crippen LogP contribution is 2.22. The highest BCUT2D eigenvalue weighted by Gasteiger charge is 2.22. The van der Waals surface area contributed by atoms with E-state index in [-0.39, 0.29) is 0 Å². The first kappa shape index (κ1) is 16.8. The molecular formula is C19H26N4S. The number of thiophene rings is 1. The Balaban J connectivity index is 1.49. The number of nitrogens with one attached hydrogen (secondary N) is 2. The second kappa shape index (κ2) is 8.73. The maximum absolute atomic E-state index is 4.69. The SMILES string of the molecule is CCNC(=NCc1cccs1)NCC1CCN(c2ccccc2)C1. The Hall–Kier alpha value is -2.01. The van der Waals surface area contributed by atoms with Gasteiger partial charge in [0.25, 0.3) is 0 Å². The van der Waals surface area contributed by atoms with Crippen molar-refractivity contribution in [3.05, 3.63) is 52.7 Å². The minimum atomic E-state index is 0.663. The summed E-state index contributed by atoms with van der Waals surface area (Å²) in [5, 5.41) is 8.95. The van der Waals surface area contributed by atoms with Crippen LogP contribution < -0.4 is 15.5 Å². The molecule has 1 aliphatic rings. The number of aliphatic imine (C=N–C) groups is 1. The molecule has 4 nitrogen and oxygen atoms in total. The van der Waals surface area contributed by atoms with E-state index in [1.54, 1.807) is 11.3 Å². The first-order chi connectivity index (χ1) is 11.8. The van der Waals surface area contributed by atoms with Crippen LogP contribution in [0.2, 0.25) is 0 Å². The predicted octanol–water partition coefficient (Wildman–Crippen LogP) is 3.33. The standard InChI is InChI=1S/C19H26N4S/c1-2-20-19(22-14-18-9-6-12-24-18)21-13-16-10-11-23(15-16)17-7-4-3-5-8-17/h3-9,12,16H,2,10-11,13-15H2,1H3,(H2,20,21,22). The number of hydrogen-bond acceptors (Lipinski definition) is 3. The van der Waals surface area contributed by atoms with Crippen molar-refractivity contribution in [2.45, 2.75) is 19.9 Å². The molecule has 1 aliphatic heterocycles. The van der Waals surface area contributed by atoms with Crippen LogP contribution in [-0.4, -0.2) is 32.1 Å². The molecule has 0 bridgehead atoms. The lowest BCUT2D eigenvalue weighted by Crippen LogP contribution is -2.40. The molecule has 3 rings (SSSR count). The lowest BCUT2D eigenvalue weighted by molar-refractivity contribution is 0.566. The Bertz CT molecular complexity index is 624. The van der Waals surface area contributed by atoms with Crippen LogP contribution in [0.3, 0.4) is 0 Å². The average Bonchev–Trinajstić information content (AvgIpc) is 3.30. The van der Waals surface area contributed by atoms with E-state index in [1.165, 1.54) is 17.0 Å². The Labute approximate surface area is 148 Å². The lowest BCUT2D eigenvalue weighted by atomic mass is 10.1. The van der Waals surface area contributed by atoms with E-state index in [2.05, 4.69) is 75.3 Å². The minimum absolute atomic E-state index is 0.663. The fraction of sp³-hybridized carbons (Fsp3) is 0.421. The van der Waals surface area contributed by atoms with E-state index >= 15 is 0 Å². The summed E-state index contributed by atoms with van der Waals surface area (Å²) in [5.41, 5.74) is 1.33. The number of nitrogens with zero attached hydrogens (tertiary/aromatic N) is 2. The predicted molar refractivity (Wildman–Crippen MR) is 104 cm³/mol. The monoisotopic (exact) mass is 342 g/mol. The van der Waals surface area contributed by atoms with Gasteiger partial charge in [0.1, 0.15) is 0 Å². The maximum Gasteiger partial charge on any atom is 0.191 e. The molecule has 0 amide bonds. The Kier molecular flexibility index (Phi) is 6.13. The molecule has 1 aromatic carbocycles. The minimum Gasteiger partial charge on any atom is -0.371 e. The second-order valence-electron chi connectivity index (χ2n) is 6.09. The summed E-state index contributed by atoms with van der Waals surface area (Å²) in [6, 6.07) is 14.9. The summed E-state index contributed by atoms with van der Waals surface area (Å²) in [4.78, 5) is 8.45. The van der Waals surface area contributed by atoms with Crippen molar-refractivity contribution < 1.29 is 0 Å². The highest BCUT2D eigenvalue weighted by molar-refractivity contribution is 7.09. The number of rotatable bonds is 6. The van der Waals surface area contributed by atoms with Crippen LogP contribution in [0.4, 0.5) is 5.69 Å². The van der Waals surface area contributed by atoms with Crippen LogP contribution in [0, 0.1) is 5.92 Å². The van der Waals surface area contributed by atoms with E-state index < -0.39 is 0 Å². The van der Waals surface area contributed by atoms with Gasteiger partial charge in [-0.05, 0) is 42.8 Å². The molecule has 128 valence electrons. The molecule has 5 heteroatoms. The van der Waals surface area contributed by atoms with E-state index in [4.69, 9.17) is 0 Å². The Morgan fingerprint density at radius 3 is 2.83 bits per heavy atom. The molecule has 0 radical (unpaired) electrons. The van der Waals surface area contributed by atoms with Gasteiger partial charge >= 0.3 is 0 Å². The molecule has 2 heterocycles. The lowest BCUT2D eigenvalue weighted by Gasteiger charge is -2.19. The first-order valence-electron chi connectivity index (χ1n) is 8.69. The van der Waals surface area contributed by atoms with Crippen LogP contribution >= 0.6 is 11.3 Å². The largest absolute Gasteiger partial charge is 0.371 e. The smallest absolute Gasteiger partial charge is 0.191 e. The third-order valence-corrected chi connectivity index (χ3v) is 5.14. The van der Waals surface area contributed by atoms with E-state index in [0.29, 0.717) is 5.92 Å². The molecule has 0 spiro atoms. The number of hydrogen-bond donors (Lipinski definition) is 2. The molecule has 1 atom stereocenters. The molecule has 2 aromatic rings. The molecule has 1 fully saturated rings. The number of benzene rings is 1. The third-order valence-electron chi connectivity index (χ3n) is 4.28. The van der Waals surface area contributed by atoms with Gasteiger partial charge in [-0.1, -0.05) is 24.3 Å². The summed E-state index contributed by atoms with van der Waals surface area (Å²) in [5.74, 6) is 1.58. The van der Waals surface area contributed by atoms with Crippen molar-refractivity contribution in [1.29, 1.82) is 0 Å². The highest BCUT2D eigenvalue weighted by atomic mass is 32.1. The maximum atomic E-state index is 4.69. The van der Waals surface area contributed by atoms with Gasteiger partial charge in [0.05, 0.1) is 6.54 Å². The molecule has 1 unspecified atom stereocenters. The molecule has 0 aliphatic carbocycles. The topological polar surface area (TPSA) is 39.7 Å². The van der Waals surface area contributed by atoms with Crippen molar-refractivity contribution in [1.82, 2.24) is 10.6 Å². The van der Waals surface area contributed by atoms with Gasteiger partial charge in [-0.25, -0.2) is 4.99 Å². The number of guanidine groups is 1. The van der Waals surface area contributed by atoms with Crippen LogP contribution in [0.5, 0.6) is 0 Å². The van der Waals surface area contributed by atoms with Gasteiger partial charge in [0, 0.05) is 36.7 Å². The Morgan fingerprint density at radius 1 is 1.21 bits per heavy atom. The average molecular weight is 343 g/mol. The van der Waals surface area contributed by atoms with Gasteiger partial charge in [0.2, 0.25) is 0 Å². The number of anilines is 1. The zero-order valence-corrected chi connectivity index (χ0v) is 15.1. The molecule has 1 saturated heterocycles. The zero-order chi connectivity index (χ0) is 16.6. The van der Waals surface area contributed by atoms with Crippen molar-refractivity contribution in [3.8, 4) is 0 Å². The molecular weight excluding hydrogens is 316 g/mol. The summed E-state index contributed by atoms with van der Waals surface area (Å²) < 4.78 is 0. The summed E-state index contributed by atoms with van der Waals surface area (Å²) in [7, 11) is 0. The van der Waals surface area contributed by atoms with Gasteiger partial charge in [-0.3, -0.25) is 0 Å². The number of para-hydroxylation sites is 1. The molecule has 2 N–H and O–H groups in total. The third kappa shape index (κ3) is 4.74. The molecule has 24 heavy (non-hydrogen) atoms. The zero-order valence-electron chi connectivity index (χ0n) is 14.2. The summed E-state index contributed by atoms with van der Waals surface area (Å²) >= 11 is 1.75. The quantitative estimate of drug-likeness (QED) is 0.625. The molecule has 0 saturated carbocycles. The van der Waals surface area contributed by atoms with Crippen LogP contribution in [0.15, 0.2) is 52.8 Å². The first-order valence-corrected chi connectivity index (χ1v) is 9.57. The molecule has 1 aromatic heterocycles. The van der Waals surface area contributed by atoms with Crippen molar-refractivity contribution >= 4 is 23.0 Å².